The molecule has 0 bridgehead atoms. The van der Waals surface area contributed by atoms with Crippen molar-refractivity contribution in [1.82, 2.24) is 14.9 Å². The minimum absolute atomic E-state index is 0.220. The van der Waals surface area contributed by atoms with Crippen LogP contribution < -0.4 is 4.90 Å². The molecule has 1 aromatic rings. The van der Waals surface area contributed by atoms with E-state index in [1.807, 2.05) is 6.07 Å². The summed E-state index contributed by atoms with van der Waals surface area (Å²) in [5.74, 6) is 0.725. The number of rotatable bonds is 1. The van der Waals surface area contributed by atoms with Gasteiger partial charge in [-0.2, -0.15) is 5.26 Å². The molecule has 0 amide bonds. The molecule has 5 heteroatoms. The Kier molecular flexibility index (Phi) is 3.48. The van der Waals surface area contributed by atoms with Crippen LogP contribution in [0.25, 0.3) is 0 Å². The van der Waals surface area contributed by atoms with Crippen molar-refractivity contribution >= 4 is 5.95 Å². The topological polar surface area (TPSA) is 56.0 Å². The molecule has 0 N–H and O–H groups in total. The van der Waals surface area contributed by atoms with Gasteiger partial charge in [0.15, 0.2) is 0 Å². The summed E-state index contributed by atoms with van der Waals surface area (Å²) < 4.78 is 0. The monoisotopic (exact) mass is 245 g/mol. The predicted molar refractivity (Wildman–Crippen MR) is 70.3 cm³/mol. The zero-order chi connectivity index (χ0) is 13.2. The van der Waals surface area contributed by atoms with Crippen LogP contribution in [-0.2, 0) is 0 Å². The van der Waals surface area contributed by atoms with Gasteiger partial charge >= 0.3 is 0 Å². The van der Waals surface area contributed by atoms with Gasteiger partial charge in [-0.15, -0.1) is 0 Å². The first-order valence-corrected chi connectivity index (χ1v) is 6.23. The molecule has 0 aromatic carbocycles. The second-order valence-electron chi connectivity index (χ2n) is 5.53. The molecular formula is C13H19N5. The van der Waals surface area contributed by atoms with Crippen molar-refractivity contribution in [1.29, 1.82) is 5.26 Å². The lowest BCUT2D eigenvalue weighted by atomic mass is 10.1. The number of hydrogen-bond acceptors (Lipinski definition) is 5. The van der Waals surface area contributed by atoms with Crippen LogP contribution in [0.2, 0.25) is 0 Å². The third kappa shape index (κ3) is 2.77. The molecule has 2 heterocycles. The van der Waals surface area contributed by atoms with Crippen LogP contribution in [0, 0.1) is 11.3 Å². The maximum atomic E-state index is 8.71. The Morgan fingerprint density at radius 1 is 1.11 bits per heavy atom. The van der Waals surface area contributed by atoms with Crippen molar-refractivity contribution in [2.75, 3.05) is 31.1 Å². The van der Waals surface area contributed by atoms with Crippen LogP contribution in [0.15, 0.2) is 12.4 Å². The summed E-state index contributed by atoms with van der Waals surface area (Å²) in [5.41, 5.74) is 0.726. The molecule has 18 heavy (non-hydrogen) atoms. The number of nitrogens with zero attached hydrogens (tertiary/aromatic N) is 5. The summed E-state index contributed by atoms with van der Waals surface area (Å²) in [6.45, 7) is 10.6. The molecular weight excluding hydrogens is 226 g/mol. The Hall–Kier alpha value is -1.67. The first-order chi connectivity index (χ1) is 8.50. The number of aromatic nitrogens is 2. The summed E-state index contributed by atoms with van der Waals surface area (Å²) in [4.78, 5) is 13.1. The lowest BCUT2D eigenvalue weighted by molar-refractivity contribution is 0.128. The normalized spacial score (nSPS) is 17.6. The number of piperazine rings is 1. The van der Waals surface area contributed by atoms with Crippen LogP contribution in [0.5, 0.6) is 0 Å². The third-order valence-corrected chi connectivity index (χ3v) is 3.28. The van der Waals surface area contributed by atoms with Crippen molar-refractivity contribution in [2.45, 2.75) is 26.3 Å². The molecule has 0 aliphatic carbocycles. The van der Waals surface area contributed by atoms with Crippen molar-refractivity contribution < 1.29 is 0 Å². The highest BCUT2D eigenvalue weighted by molar-refractivity contribution is 5.33. The standard InChI is InChI=1S/C13H19N5/c1-13(2,3)18-6-4-17(5-7-18)12-15-9-11(8-14)10-16-12/h9-10H,4-7H2,1-3H3. The van der Waals surface area contributed by atoms with Gasteiger partial charge in [0.05, 0.1) is 18.0 Å². The highest BCUT2D eigenvalue weighted by Gasteiger charge is 2.26. The van der Waals surface area contributed by atoms with E-state index in [4.69, 9.17) is 5.26 Å². The summed E-state index contributed by atoms with van der Waals surface area (Å²) in [5, 5.41) is 8.71. The van der Waals surface area contributed by atoms with Gasteiger partial charge in [-0.05, 0) is 20.8 Å². The third-order valence-electron chi connectivity index (χ3n) is 3.28. The number of anilines is 1. The highest BCUT2D eigenvalue weighted by Crippen LogP contribution is 2.17. The predicted octanol–water partition coefficient (Wildman–Crippen LogP) is 1.27. The van der Waals surface area contributed by atoms with Gasteiger partial charge in [-0.3, -0.25) is 4.90 Å². The quantitative estimate of drug-likeness (QED) is 0.745. The average Bonchev–Trinajstić information content (AvgIpc) is 2.38. The highest BCUT2D eigenvalue weighted by atomic mass is 15.3. The fourth-order valence-corrected chi connectivity index (χ4v) is 2.12. The van der Waals surface area contributed by atoms with Crippen molar-refractivity contribution in [3.8, 4) is 6.07 Å². The van der Waals surface area contributed by atoms with E-state index in [9.17, 15) is 0 Å². The summed E-state index contributed by atoms with van der Waals surface area (Å²) in [6.07, 6.45) is 3.16. The molecule has 1 aromatic heterocycles. The van der Waals surface area contributed by atoms with Gasteiger partial charge in [0.2, 0.25) is 5.95 Å². The minimum atomic E-state index is 0.220. The van der Waals surface area contributed by atoms with E-state index in [2.05, 4.69) is 40.5 Å². The fourth-order valence-electron chi connectivity index (χ4n) is 2.12. The lowest BCUT2D eigenvalue weighted by Gasteiger charge is -2.42. The molecule has 0 saturated carbocycles. The van der Waals surface area contributed by atoms with E-state index in [1.165, 1.54) is 0 Å². The van der Waals surface area contributed by atoms with E-state index < -0.39 is 0 Å². The fraction of sp³-hybridized carbons (Fsp3) is 0.615. The largest absolute Gasteiger partial charge is 0.338 e. The molecule has 1 aliphatic rings. The van der Waals surface area contributed by atoms with Gasteiger partial charge in [0, 0.05) is 31.7 Å². The van der Waals surface area contributed by atoms with Crippen molar-refractivity contribution in [2.24, 2.45) is 0 Å². The lowest BCUT2D eigenvalue weighted by Crippen LogP contribution is -2.53. The zero-order valence-electron chi connectivity index (χ0n) is 11.2. The second kappa shape index (κ2) is 4.91. The Balaban J connectivity index is 1.99. The van der Waals surface area contributed by atoms with Gasteiger partial charge in [-0.25, -0.2) is 9.97 Å². The first-order valence-electron chi connectivity index (χ1n) is 6.23. The van der Waals surface area contributed by atoms with Crippen molar-refractivity contribution in [3.63, 3.8) is 0 Å². The van der Waals surface area contributed by atoms with E-state index >= 15 is 0 Å². The van der Waals surface area contributed by atoms with E-state index in [0.717, 1.165) is 32.1 Å². The van der Waals surface area contributed by atoms with Crippen LogP contribution in [0.4, 0.5) is 5.95 Å². The maximum absolute atomic E-state index is 8.71. The molecule has 0 spiro atoms. The van der Waals surface area contributed by atoms with E-state index in [-0.39, 0.29) is 5.54 Å². The van der Waals surface area contributed by atoms with Crippen LogP contribution in [-0.4, -0.2) is 46.6 Å². The molecule has 0 radical (unpaired) electrons. The number of hydrogen-bond donors (Lipinski definition) is 0. The van der Waals surface area contributed by atoms with Gasteiger partial charge in [-0.1, -0.05) is 0 Å². The molecule has 1 saturated heterocycles. The molecule has 1 aliphatic heterocycles. The molecule has 1 fully saturated rings. The minimum Gasteiger partial charge on any atom is -0.338 e. The summed E-state index contributed by atoms with van der Waals surface area (Å²) in [7, 11) is 0. The molecule has 5 nitrogen and oxygen atoms in total. The van der Waals surface area contributed by atoms with Gasteiger partial charge in [0.1, 0.15) is 6.07 Å². The SMILES string of the molecule is CC(C)(C)N1CCN(c2ncc(C#N)cn2)CC1. The van der Waals surface area contributed by atoms with Crippen molar-refractivity contribution in [3.05, 3.63) is 18.0 Å². The Morgan fingerprint density at radius 2 is 1.67 bits per heavy atom. The van der Waals surface area contributed by atoms with Crippen LogP contribution in [0.3, 0.4) is 0 Å². The summed E-state index contributed by atoms with van der Waals surface area (Å²) in [6, 6.07) is 2.03. The van der Waals surface area contributed by atoms with Crippen LogP contribution >= 0.6 is 0 Å². The maximum Gasteiger partial charge on any atom is 0.225 e. The zero-order valence-corrected chi connectivity index (χ0v) is 11.2. The van der Waals surface area contributed by atoms with Gasteiger partial charge in [0.25, 0.3) is 0 Å². The second-order valence-corrected chi connectivity index (χ2v) is 5.53. The summed E-state index contributed by atoms with van der Waals surface area (Å²) >= 11 is 0. The smallest absolute Gasteiger partial charge is 0.225 e. The average molecular weight is 245 g/mol. The number of nitriles is 1. The molecule has 0 atom stereocenters. The van der Waals surface area contributed by atoms with E-state index in [1.54, 1.807) is 12.4 Å². The van der Waals surface area contributed by atoms with E-state index in [0.29, 0.717) is 5.56 Å². The molecule has 96 valence electrons. The van der Waals surface area contributed by atoms with Gasteiger partial charge < -0.3 is 4.90 Å². The molecule has 0 unspecified atom stereocenters. The Bertz CT molecular complexity index is 432. The Morgan fingerprint density at radius 3 is 2.11 bits per heavy atom. The van der Waals surface area contributed by atoms with Crippen LogP contribution in [0.1, 0.15) is 26.3 Å². The molecule has 2 rings (SSSR count). The Labute approximate surface area is 108 Å². The first kappa shape index (κ1) is 12.8.